The van der Waals surface area contributed by atoms with E-state index in [4.69, 9.17) is 5.11 Å². The molecule has 4 nitrogen and oxygen atoms in total. The molecule has 1 aromatic heterocycles. The van der Waals surface area contributed by atoms with Crippen LogP contribution in [0.15, 0.2) is 10.9 Å². The van der Waals surface area contributed by atoms with Crippen LogP contribution in [-0.4, -0.2) is 16.1 Å². The zero-order valence-electron chi connectivity index (χ0n) is 6.55. The third-order valence-electron chi connectivity index (χ3n) is 1.48. The zero-order chi connectivity index (χ0) is 10.9. The lowest BCUT2D eigenvalue weighted by atomic mass is 10.1. The number of carbonyl (C=O) groups is 1. The van der Waals surface area contributed by atoms with E-state index in [0.29, 0.717) is 6.07 Å². The Morgan fingerprint density at radius 3 is 2.57 bits per heavy atom. The lowest BCUT2D eigenvalue weighted by Crippen LogP contribution is -2.15. The Morgan fingerprint density at radius 1 is 1.57 bits per heavy atom. The highest BCUT2D eigenvalue weighted by Gasteiger charge is 2.22. The first-order valence-electron chi connectivity index (χ1n) is 3.37. The fourth-order valence-electron chi connectivity index (χ4n) is 0.929. The number of H-pyrrole nitrogens is 1. The molecule has 76 valence electrons. The molecule has 0 radical (unpaired) electrons. The molecular weight excluding hydrogens is 311 g/mol. The standard InChI is InChI=1S/C7H4F2INO3/c8-5(9)4-2(7(13)14)1-3(12)11-6(4)10/h1,5H,(H,11,12)(H,13,14). The van der Waals surface area contributed by atoms with Crippen molar-refractivity contribution in [1.82, 2.24) is 4.98 Å². The summed E-state index contributed by atoms with van der Waals surface area (Å²) in [6, 6.07) is 0.645. The molecule has 0 saturated heterocycles. The van der Waals surface area contributed by atoms with Gasteiger partial charge in [-0.05, 0) is 22.6 Å². The highest BCUT2D eigenvalue weighted by molar-refractivity contribution is 14.1. The Bertz CT molecular complexity index is 429. The van der Waals surface area contributed by atoms with E-state index in [1.54, 1.807) is 0 Å². The minimum atomic E-state index is -2.93. The number of nitrogens with one attached hydrogen (secondary N) is 1. The molecule has 0 spiro atoms. The molecule has 1 heterocycles. The number of pyridine rings is 1. The molecule has 0 aliphatic rings. The van der Waals surface area contributed by atoms with E-state index in [0.717, 1.165) is 0 Å². The van der Waals surface area contributed by atoms with E-state index in [1.165, 1.54) is 22.6 Å². The molecule has 0 fully saturated rings. The van der Waals surface area contributed by atoms with Crippen LogP contribution in [-0.2, 0) is 0 Å². The molecule has 0 aliphatic heterocycles. The number of hydrogen-bond donors (Lipinski definition) is 2. The lowest BCUT2D eigenvalue weighted by molar-refractivity contribution is 0.0683. The molecule has 0 atom stereocenters. The van der Waals surface area contributed by atoms with Gasteiger partial charge in [0.15, 0.2) is 0 Å². The Kier molecular flexibility index (Phi) is 3.19. The SMILES string of the molecule is O=C(O)c1cc(=O)[nH]c(I)c1C(F)F. The van der Waals surface area contributed by atoms with Crippen molar-refractivity contribution >= 4 is 28.6 Å². The van der Waals surface area contributed by atoms with E-state index < -0.39 is 29.1 Å². The maximum Gasteiger partial charge on any atom is 0.336 e. The van der Waals surface area contributed by atoms with Gasteiger partial charge in [0.05, 0.1) is 14.8 Å². The molecule has 0 aromatic carbocycles. The van der Waals surface area contributed by atoms with Crippen LogP contribution < -0.4 is 5.56 Å². The molecule has 2 N–H and O–H groups in total. The minimum Gasteiger partial charge on any atom is -0.478 e. The number of halogens is 3. The second kappa shape index (κ2) is 4.03. The van der Waals surface area contributed by atoms with Gasteiger partial charge in [-0.15, -0.1) is 0 Å². The van der Waals surface area contributed by atoms with Crippen molar-refractivity contribution in [2.45, 2.75) is 6.43 Å². The van der Waals surface area contributed by atoms with Crippen LogP contribution in [0.3, 0.4) is 0 Å². The summed E-state index contributed by atoms with van der Waals surface area (Å²) in [5, 5.41) is 8.57. The molecule has 0 saturated carbocycles. The smallest absolute Gasteiger partial charge is 0.336 e. The average molecular weight is 315 g/mol. The average Bonchev–Trinajstić information content (AvgIpc) is 2.01. The van der Waals surface area contributed by atoms with E-state index in [2.05, 4.69) is 4.98 Å². The third-order valence-corrected chi connectivity index (χ3v) is 2.33. The quantitative estimate of drug-likeness (QED) is 0.643. The summed E-state index contributed by atoms with van der Waals surface area (Å²) < 4.78 is 24.6. The molecule has 0 bridgehead atoms. The van der Waals surface area contributed by atoms with Gasteiger partial charge in [0, 0.05) is 6.07 Å². The minimum absolute atomic E-state index is 0.150. The lowest BCUT2D eigenvalue weighted by Gasteiger charge is -2.06. The van der Waals surface area contributed by atoms with Crippen molar-refractivity contribution in [3.8, 4) is 0 Å². The van der Waals surface area contributed by atoms with Gasteiger partial charge in [-0.3, -0.25) is 4.79 Å². The number of aromatic carboxylic acids is 1. The van der Waals surface area contributed by atoms with Crippen LogP contribution in [0.25, 0.3) is 0 Å². The van der Waals surface area contributed by atoms with Gasteiger partial charge >= 0.3 is 5.97 Å². The van der Waals surface area contributed by atoms with Crippen LogP contribution in [0, 0.1) is 3.70 Å². The number of hydrogen-bond acceptors (Lipinski definition) is 2. The van der Waals surface area contributed by atoms with Crippen molar-refractivity contribution in [3.63, 3.8) is 0 Å². The number of carboxylic acid groups (broad SMARTS) is 1. The topological polar surface area (TPSA) is 70.2 Å². The fourth-order valence-corrected chi connectivity index (χ4v) is 1.72. The first kappa shape index (κ1) is 11.1. The monoisotopic (exact) mass is 315 g/mol. The largest absolute Gasteiger partial charge is 0.478 e. The molecule has 0 aliphatic carbocycles. The van der Waals surface area contributed by atoms with E-state index in [-0.39, 0.29) is 3.70 Å². The van der Waals surface area contributed by atoms with Crippen LogP contribution in [0.4, 0.5) is 8.78 Å². The predicted molar refractivity (Wildman–Crippen MR) is 51.7 cm³/mol. The van der Waals surface area contributed by atoms with Crippen LogP contribution in [0.5, 0.6) is 0 Å². The van der Waals surface area contributed by atoms with E-state index >= 15 is 0 Å². The number of aromatic nitrogens is 1. The zero-order valence-corrected chi connectivity index (χ0v) is 8.71. The number of alkyl halides is 2. The molecule has 14 heavy (non-hydrogen) atoms. The van der Waals surface area contributed by atoms with Crippen LogP contribution in [0.2, 0.25) is 0 Å². The first-order chi connectivity index (χ1) is 6.43. The summed E-state index contributed by atoms with van der Waals surface area (Å²) in [6.45, 7) is 0. The van der Waals surface area contributed by atoms with Gasteiger partial charge in [-0.25, -0.2) is 13.6 Å². The molecule has 1 rings (SSSR count). The summed E-state index contributed by atoms with van der Waals surface area (Å²) in [4.78, 5) is 23.5. The van der Waals surface area contributed by atoms with E-state index in [1.807, 2.05) is 0 Å². The van der Waals surface area contributed by atoms with Gasteiger partial charge in [-0.1, -0.05) is 0 Å². The second-order valence-corrected chi connectivity index (χ2v) is 3.46. The molecule has 0 amide bonds. The third kappa shape index (κ3) is 2.08. The molecule has 7 heteroatoms. The number of rotatable bonds is 2. The normalized spacial score (nSPS) is 10.6. The maximum atomic E-state index is 12.4. The van der Waals surface area contributed by atoms with Crippen molar-refractivity contribution in [3.05, 3.63) is 31.2 Å². The fraction of sp³-hybridized carbons (Fsp3) is 0.143. The molecule has 0 unspecified atom stereocenters. The summed E-state index contributed by atoms with van der Waals surface area (Å²) in [5.74, 6) is -1.54. The number of aromatic amines is 1. The van der Waals surface area contributed by atoms with Gasteiger partial charge in [0.1, 0.15) is 0 Å². The second-order valence-electron chi connectivity index (χ2n) is 2.38. The summed E-state index contributed by atoms with van der Waals surface area (Å²) in [6.07, 6.45) is -2.93. The highest BCUT2D eigenvalue weighted by atomic mass is 127. The van der Waals surface area contributed by atoms with Crippen molar-refractivity contribution in [2.24, 2.45) is 0 Å². The van der Waals surface area contributed by atoms with Crippen molar-refractivity contribution < 1.29 is 18.7 Å². The van der Waals surface area contributed by atoms with Crippen LogP contribution in [0.1, 0.15) is 22.3 Å². The summed E-state index contributed by atoms with van der Waals surface area (Å²) in [5.41, 5.74) is -2.03. The Labute approximate surface area is 90.1 Å². The summed E-state index contributed by atoms with van der Waals surface area (Å²) in [7, 11) is 0. The van der Waals surface area contributed by atoms with E-state index in [9.17, 15) is 18.4 Å². The van der Waals surface area contributed by atoms with Crippen molar-refractivity contribution in [2.75, 3.05) is 0 Å². The van der Waals surface area contributed by atoms with Crippen molar-refractivity contribution in [1.29, 1.82) is 0 Å². The van der Waals surface area contributed by atoms with Gasteiger partial charge in [0.25, 0.3) is 6.43 Å². The van der Waals surface area contributed by atoms with Gasteiger partial charge in [-0.2, -0.15) is 0 Å². The van der Waals surface area contributed by atoms with Gasteiger partial charge < -0.3 is 10.1 Å². The number of carboxylic acids is 1. The molecule has 1 aromatic rings. The Hall–Kier alpha value is -0.990. The van der Waals surface area contributed by atoms with Gasteiger partial charge in [0.2, 0.25) is 5.56 Å². The summed E-state index contributed by atoms with van der Waals surface area (Å²) >= 11 is 1.46. The predicted octanol–water partition coefficient (Wildman–Crippen LogP) is 1.62. The maximum absolute atomic E-state index is 12.4. The Morgan fingerprint density at radius 2 is 2.14 bits per heavy atom. The molecular formula is C7H4F2INO3. The first-order valence-corrected chi connectivity index (χ1v) is 4.45. The Balaban J connectivity index is 3.52. The van der Waals surface area contributed by atoms with Crippen LogP contribution >= 0.6 is 22.6 Å². The highest BCUT2D eigenvalue weighted by Crippen LogP contribution is 2.25.